The number of benzene rings is 4. The third-order valence-electron chi connectivity index (χ3n) is 5.81. The summed E-state index contributed by atoms with van der Waals surface area (Å²) in [6, 6.07) is 26.5. The smallest absolute Gasteiger partial charge is 0.0711 e. The molecule has 1 aromatic heterocycles. The van der Waals surface area contributed by atoms with Crippen molar-refractivity contribution in [1.29, 1.82) is 0 Å². The van der Waals surface area contributed by atoms with E-state index >= 15 is 0 Å². The van der Waals surface area contributed by atoms with Gasteiger partial charge in [-0.3, -0.25) is 4.98 Å². The SMILES string of the molecule is Cc1nc2ccccc2c2c1Cc1cc3c(ccc4ccccc43)cc1-2. The predicted octanol–water partition coefficient (Wildman–Crippen LogP) is 6.42. The molecule has 1 heteroatoms. The molecule has 1 heterocycles. The van der Waals surface area contributed by atoms with Gasteiger partial charge in [0, 0.05) is 17.5 Å². The van der Waals surface area contributed by atoms with E-state index in [1.54, 1.807) is 0 Å². The molecule has 122 valence electrons. The van der Waals surface area contributed by atoms with Crippen molar-refractivity contribution in [2.75, 3.05) is 0 Å². The summed E-state index contributed by atoms with van der Waals surface area (Å²) in [4.78, 5) is 4.85. The molecule has 0 saturated carbocycles. The second-order valence-electron chi connectivity index (χ2n) is 7.26. The maximum Gasteiger partial charge on any atom is 0.0711 e. The highest BCUT2D eigenvalue weighted by Gasteiger charge is 2.24. The first kappa shape index (κ1) is 14.0. The topological polar surface area (TPSA) is 12.9 Å². The summed E-state index contributed by atoms with van der Waals surface area (Å²) in [5.74, 6) is 0. The Hall–Kier alpha value is -3.19. The van der Waals surface area contributed by atoms with Crippen molar-refractivity contribution in [1.82, 2.24) is 4.98 Å². The minimum Gasteiger partial charge on any atom is -0.253 e. The highest BCUT2D eigenvalue weighted by Crippen LogP contribution is 2.44. The summed E-state index contributed by atoms with van der Waals surface area (Å²) in [7, 11) is 0. The molecule has 0 N–H and O–H groups in total. The van der Waals surface area contributed by atoms with E-state index in [-0.39, 0.29) is 0 Å². The molecule has 1 nitrogen and oxygen atoms in total. The lowest BCUT2D eigenvalue weighted by Gasteiger charge is -2.10. The highest BCUT2D eigenvalue weighted by atomic mass is 14.7. The van der Waals surface area contributed by atoms with Gasteiger partial charge in [0.05, 0.1) is 5.52 Å². The maximum atomic E-state index is 4.85. The predicted molar refractivity (Wildman–Crippen MR) is 110 cm³/mol. The summed E-state index contributed by atoms with van der Waals surface area (Å²) in [6.07, 6.45) is 0.980. The molecule has 5 aromatic rings. The zero-order valence-corrected chi connectivity index (χ0v) is 14.6. The molecule has 0 spiro atoms. The molecule has 0 fully saturated rings. The van der Waals surface area contributed by atoms with Crippen LogP contribution < -0.4 is 0 Å². The van der Waals surface area contributed by atoms with Gasteiger partial charge in [0.25, 0.3) is 0 Å². The van der Waals surface area contributed by atoms with Crippen LogP contribution in [0.25, 0.3) is 43.6 Å². The molecule has 26 heavy (non-hydrogen) atoms. The minimum atomic E-state index is 0.980. The molecule has 1 aliphatic rings. The molecular weight excluding hydrogens is 314 g/mol. The second kappa shape index (κ2) is 4.92. The first-order chi connectivity index (χ1) is 12.8. The summed E-state index contributed by atoms with van der Waals surface area (Å²) in [6.45, 7) is 2.15. The normalized spacial score (nSPS) is 12.7. The van der Waals surface area contributed by atoms with Crippen LogP contribution in [0.3, 0.4) is 0 Å². The summed E-state index contributed by atoms with van der Waals surface area (Å²) < 4.78 is 0. The molecule has 6 rings (SSSR count). The molecule has 0 bridgehead atoms. The average molecular weight is 331 g/mol. The Morgan fingerprint density at radius 1 is 0.731 bits per heavy atom. The number of rotatable bonds is 0. The van der Waals surface area contributed by atoms with Crippen LogP contribution in [0.15, 0.2) is 72.8 Å². The van der Waals surface area contributed by atoms with Crippen molar-refractivity contribution >= 4 is 32.4 Å². The van der Waals surface area contributed by atoms with Gasteiger partial charge < -0.3 is 0 Å². The van der Waals surface area contributed by atoms with Crippen molar-refractivity contribution < 1.29 is 0 Å². The Morgan fingerprint density at radius 3 is 2.42 bits per heavy atom. The number of para-hydroxylation sites is 1. The second-order valence-corrected chi connectivity index (χ2v) is 7.26. The van der Waals surface area contributed by atoms with Crippen molar-refractivity contribution in [3.05, 3.63) is 89.6 Å². The monoisotopic (exact) mass is 331 g/mol. The van der Waals surface area contributed by atoms with Crippen LogP contribution in [0.1, 0.15) is 16.8 Å². The number of hydrogen-bond donors (Lipinski definition) is 0. The zero-order valence-electron chi connectivity index (χ0n) is 14.6. The van der Waals surface area contributed by atoms with Crippen LogP contribution in [0.4, 0.5) is 0 Å². The summed E-state index contributed by atoms with van der Waals surface area (Å²) in [5, 5.41) is 6.58. The standard InChI is InChI=1S/C25H17N/c1-15-21-13-18-14-22-17(11-10-16-6-2-3-7-19(16)22)12-23(18)25(21)20-8-4-5-9-24(20)26-15/h2-12,14H,13H2,1H3. The number of hydrogen-bond acceptors (Lipinski definition) is 1. The van der Waals surface area contributed by atoms with E-state index in [1.165, 1.54) is 49.2 Å². The molecule has 0 aliphatic heterocycles. The fourth-order valence-electron chi connectivity index (χ4n) is 4.57. The Bertz CT molecular complexity index is 1360. The van der Waals surface area contributed by atoms with Crippen molar-refractivity contribution in [3.63, 3.8) is 0 Å². The van der Waals surface area contributed by atoms with Gasteiger partial charge in [-0.2, -0.15) is 0 Å². The third-order valence-corrected chi connectivity index (χ3v) is 5.81. The Balaban J connectivity index is 1.74. The highest BCUT2D eigenvalue weighted by molar-refractivity contribution is 6.11. The number of fused-ring (bicyclic) bond motifs is 8. The van der Waals surface area contributed by atoms with E-state index < -0.39 is 0 Å². The van der Waals surface area contributed by atoms with Crippen LogP contribution >= 0.6 is 0 Å². The lowest BCUT2D eigenvalue weighted by Crippen LogP contribution is -1.92. The lowest BCUT2D eigenvalue weighted by molar-refractivity contribution is 1.14. The van der Waals surface area contributed by atoms with Crippen molar-refractivity contribution in [2.45, 2.75) is 13.3 Å². The Morgan fingerprint density at radius 2 is 1.50 bits per heavy atom. The summed E-state index contributed by atoms with van der Waals surface area (Å²) in [5.41, 5.74) is 7.82. The van der Waals surface area contributed by atoms with Gasteiger partial charge in [0.2, 0.25) is 0 Å². The number of aryl methyl sites for hydroxylation is 1. The van der Waals surface area contributed by atoms with E-state index in [1.807, 2.05) is 0 Å². The van der Waals surface area contributed by atoms with Crippen molar-refractivity contribution in [2.24, 2.45) is 0 Å². The van der Waals surface area contributed by atoms with Gasteiger partial charge in [0.1, 0.15) is 0 Å². The van der Waals surface area contributed by atoms with Gasteiger partial charge >= 0.3 is 0 Å². The zero-order chi connectivity index (χ0) is 17.3. The van der Waals surface area contributed by atoms with Gasteiger partial charge in [-0.25, -0.2) is 0 Å². The molecule has 0 atom stereocenters. The number of aromatic nitrogens is 1. The fraction of sp³-hybridized carbons (Fsp3) is 0.0800. The van der Waals surface area contributed by atoms with Gasteiger partial charge in [-0.15, -0.1) is 0 Å². The van der Waals surface area contributed by atoms with E-state index in [2.05, 4.69) is 79.7 Å². The third kappa shape index (κ3) is 1.78. The number of nitrogens with zero attached hydrogens (tertiary/aromatic N) is 1. The van der Waals surface area contributed by atoms with Gasteiger partial charge in [-0.05, 0) is 68.9 Å². The van der Waals surface area contributed by atoms with Gasteiger partial charge in [-0.1, -0.05) is 54.6 Å². The van der Waals surface area contributed by atoms with Crippen LogP contribution in [0.5, 0.6) is 0 Å². The first-order valence-electron chi connectivity index (χ1n) is 9.12. The van der Waals surface area contributed by atoms with Crippen LogP contribution in [-0.2, 0) is 6.42 Å². The first-order valence-corrected chi connectivity index (χ1v) is 9.12. The molecule has 1 aliphatic carbocycles. The summed E-state index contributed by atoms with van der Waals surface area (Å²) >= 11 is 0. The average Bonchev–Trinajstić information content (AvgIpc) is 3.06. The van der Waals surface area contributed by atoms with E-state index in [9.17, 15) is 0 Å². The largest absolute Gasteiger partial charge is 0.253 e. The molecule has 0 radical (unpaired) electrons. The van der Waals surface area contributed by atoms with Crippen LogP contribution in [-0.4, -0.2) is 4.98 Å². The number of pyridine rings is 1. The molecule has 0 amide bonds. The quantitative estimate of drug-likeness (QED) is 0.293. The van der Waals surface area contributed by atoms with Crippen molar-refractivity contribution in [3.8, 4) is 11.1 Å². The Kier molecular flexibility index (Phi) is 2.66. The van der Waals surface area contributed by atoms with Crippen LogP contribution in [0, 0.1) is 6.92 Å². The van der Waals surface area contributed by atoms with E-state index in [4.69, 9.17) is 4.98 Å². The molecule has 0 saturated heterocycles. The maximum absolute atomic E-state index is 4.85. The van der Waals surface area contributed by atoms with Crippen LogP contribution in [0.2, 0.25) is 0 Å². The molecular formula is C25H17N. The fourth-order valence-corrected chi connectivity index (χ4v) is 4.57. The van der Waals surface area contributed by atoms with E-state index in [0.29, 0.717) is 0 Å². The lowest BCUT2D eigenvalue weighted by atomic mass is 9.95. The van der Waals surface area contributed by atoms with E-state index in [0.717, 1.165) is 17.6 Å². The Labute approximate surface area is 151 Å². The minimum absolute atomic E-state index is 0.980. The van der Waals surface area contributed by atoms with Gasteiger partial charge in [0.15, 0.2) is 0 Å². The molecule has 0 unspecified atom stereocenters. The molecule has 4 aromatic carbocycles.